The lowest BCUT2D eigenvalue weighted by molar-refractivity contribution is 0.0301. The van der Waals surface area contributed by atoms with Crippen LogP contribution in [0.5, 0.6) is 0 Å². The molecule has 152 valence electrons. The predicted octanol–water partition coefficient (Wildman–Crippen LogP) is 3.12. The number of pyridine rings is 1. The Hall–Kier alpha value is -3.23. The molecule has 7 nitrogen and oxygen atoms in total. The fraction of sp³-hybridized carbons (Fsp3) is 0.273. The van der Waals surface area contributed by atoms with E-state index in [9.17, 15) is 9.50 Å². The van der Waals surface area contributed by atoms with Crippen LogP contribution in [0.1, 0.15) is 30.3 Å². The summed E-state index contributed by atoms with van der Waals surface area (Å²) in [5.74, 6) is 0.782. The molecule has 30 heavy (non-hydrogen) atoms. The first-order valence-electron chi connectivity index (χ1n) is 9.88. The molecule has 3 heterocycles. The largest absolute Gasteiger partial charge is 0.393 e. The molecule has 1 aromatic carbocycles. The predicted molar refractivity (Wildman–Crippen MR) is 110 cm³/mol. The lowest BCUT2D eigenvalue weighted by Gasteiger charge is -2.35. The Morgan fingerprint density at radius 2 is 2.00 bits per heavy atom. The van der Waals surface area contributed by atoms with Crippen molar-refractivity contribution in [2.45, 2.75) is 31.7 Å². The standard InChI is InChI=1S/C22H21FN6O/c23-9-16-2-1-3-21(27-16)29-20-8-13(4-5-14(20)10-26-29)18-11-25-12-19(28-18)22(24)15-6-17(30)7-15/h1-5,8,10-12,15,17,22,30H,6-7,9,24H2. The normalized spacial score (nSPS) is 19.6. The van der Waals surface area contributed by atoms with Crippen LogP contribution in [-0.4, -0.2) is 35.9 Å². The highest BCUT2D eigenvalue weighted by Gasteiger charge is 2.33. The maximum atomic E-state index is 13.0. The summed E-state index contributed by atoms with van der Waals surface area (Å²) in [5, 5.41) is 14.9. The quantitative estimate of drug-likeness (QED) is 0.530. The van der Waals surface area contributed by atoms with Crippen molar-refractivity contribution < 1.29 is 9.50 Å². The molecule has 3 N–H and O–H groups in total. The number of nitrogens with two attached hydrogens (primary N) is 1. The number of alkyl halides is 1. The Kier molecular flexibility index (Phi) is 4.72. The summed E-state index contributed by atoms with van der Waals surface area (Å²) < 4.78 is 14.7. The molecular formula is C22H21FN6O. The number of nitrogens with zero attached hydrogens (tertiary/aromatic N) is 5. The third-order valence-electron chi connectivity index (χ3n) is 5.66. The number of aliphatic hydroxyl groups excluding tert-OH is 1. The Morgan fingerprint density at radius 3 is 2.80 bits per heavy atom. The first-order valence-corrected chi connectivity index (χ1v) is 9.88. The lowest BCUT2D eigenvalue weighted by Crippen LogP contribution is -2.36. The summed E-state index contributed by atoms with van der Waals surface area (Å²) in [6.45, 7) is -0.626. The van der Waals surface area contributed by atoms with Gasteiger partial charge in [0.1, 0.15) is 6.67 Å². The zero-order valence-corrected chi connectivity index (χ0v) is 16.2. The molecule has 0 saturated heterocycles. The molecule has 1 atom stereocenters. The van der Waals surface area contributed by atoms with Gasteiger partial charge in [-0.15, -0.1) is 0 Å². The van der Waals surface area contributed by atoms with Gasteiger partial charge in [-0.2, -0.15) is 5.10 Å². The molecule has 1 aliphatic carbocycles. The summed E-state index contributed by atoms with van der Waals surface area (Å²) in [4.78, 5) is 13.4. The molecule has 1 saturated carbocycles. The Morgan fingerprint density at radius 1 is 1.13 bits per heavy atom. The fourth-order valence-corrected chi connectivity index (χ4v) is 3.86. The molecule has 0 aliphatic heterocycles. The van der Waals surface area contributed by atoms with Gasteiger partial charge in [0.15, 0.2) is 5.82 Å². The molecule has 0 bridgehead atoms. The maximum absolute atomic E-state index is 13.0. The van der Waals surface area contributed by atoms with Crippen LogP contribution >= 0.6 is 0 Å². The van der Waals surface area contributed by atoms with Crippen molar-refractivity contribution in [2.75, 3.05) is 0 Å². The van der Waals surface area contributed by atoms with Gasteiger partial charge in [-0.25, -0.2) is 19.0 Å². The van der Waals surface area contributed by atoms with Crippen molar-refractivity contribution in [3.63, 3.8) is 0 Å². The summed E-state index contributed by atoms with van der Waals surface area (Å²) in [6.07, 6.45) is 6.28. The topological polar surface area (TPSA) is 103 Å². The molecule has 4 aromatic rings. The van der Waals surface area contributed by atoms with Crippen LogP contribution in [0, 0.1) is 5.92 Å². The van der Waals surface area contributed by atoms with E-state index < -0.39 is 6.67 Å². The average molecular weight is 404 g/mol. The Balaban J connectivity index is 1.52. The van der Waals surface area contributed by atoms with Gasteiger partial charge in [-0.1, -0.05) is 18.2 Å². The van der Waals surface area contributed by atoms with Gasteiger partial charge in [-0.3, -0.25) is 4.98 Å². The number of hydrogen-bond acceptors (Lipinski definition) is 6. The smallest absolute Gasteiger partial charge is 0.154 e. The molecule has 0 amide bonds. The van der Waals surface area contributed by atoms with Crippen LogP contribution in [-0.2, 0) is 6.67 Å². The van der Waals surface area contributed by atoms with Crippen LogP contribution in [0.15, 0.2) is 55.0 Å². The van der Waals surface area contributed by atoms with Gasteiger partial charge in [-0.05, 0) is 37.0 Å². The van der Waals surface area contributed by atoms with Gasteiger partial charge in [0.25, 0.3) is 0 Å². The summed E-state index contributed by atoms with van der Waals surface area (Å²) in [5.41, 5.74) is 9.85. The van der Waals surface area contributed by atoms with E-state index in [0.29, 0.717) is 30.0 Å². The van der Waals surface area contributed by atoms with Crippen LogP contribution in [0.4, 0.5) is 4.39 Å². The minimum atomic E-state index is -0.626. The Bertz CT molecular complexity index is 1200. The zero-order chi connectivity index (χ0) is 20.7. The van der Waals surface area contributed by atoms with E-state index in [1.807, 2.05) is 18.2 Å². The lowest BCUT2D eigenvalue weighted by atomic mass is 9.76. The van der Waals surface area contributed by atoms with E-state index in [4.69, 9.17) is 10.7 Å². The third kappa shape index (κ3) is 3.34. The summed E-state index contributed by atoms with van der Waals surface area (Å²) >= 11 is 0. The second kappa shape index (κ2) is 7.55. The van der Waals surface area contributed by atoms with E-state index in [2.05, 4.69) is 15.1 Å². The molecule has 5 rings (SSSR count). The highest BCUT2D eigenvalue weighted by Crippen LogP contribution is 2.36. The van der Waals surface area contributed by atoms with Crippen molar-refractivity contribution in [2.24, 2.45) is 11.7 Å². The molecule has 1 fully saturated rings. The number of rotatable bonds is 5. The van der Waals surface area contributed by atoms with E-state index in [1.165, 1.54) is 0 Å². The van der Waals surface area contributed by atoms with E-state index in [-0.39, 0.29) is 18.1 Å². The van der Waals surface area contributed by atoms with Crippen molar-refractivity contribution in [3.8, 4) is 17.1 Å². The van der Waals surface area contributed by atoms with Crippen molar-refractivity contribution >= 4 is 10.9 Å². The zero-order valence-electron chi connectivity index (χ0n) is 16.2. The first-order chi connectivity index (χ1) is 14.6. The third-order valence-corrected chi connectivity index (χ3v) is 5.66. The van der Waals surface area contributed by atoms with Crippen LogP contribution in [0.2, 0.25) is 0 Å². The van der Waals surface area contributed by atoms with Crippen LogP contribution < -0.4 is 5.73 Å². The molecule has 0 spiro atoms. The second-order valence-electron chi connectivity index (χ2n) is 7.69. The molecule has 1 aliphatic rings. The monoisotopic (exact) mass is 404 g/mol. The Labute approximate surface area is 172 Å². The number of benzene rings is 1. The number of aliphatic hydroxyl groups is 1. The SMILES string of the molecule is NC(c1cncc(-c2ccc3cnn(-c4cccc(CF)n4)c3c2)n1)C1CC(O)C1. The van der Waals surface area contributed by atoms with Crippen molar-refractivity contribution in [1.29, 1.82) is 0 Å². The van der Waals surface area contributed by atoms with Crippen molar-refractivity contribution in [3.05, 3.63) is 66.4 Å². The maximum Gasteiger partial charge on any atom is 0.154 e. The molecule has 8 heteroatoms. The summed E-state index contributed by atoms with van der Waals surface area (Å²) in [6, 6.07) is 10.9. The van der Waals surface area contributed by atoms with E-state index in [1.54, 1.807) is 41.5 Å². The summed E-state index contributed by atoms with van der Waals surface area (Å²) in [7, 11) is 0. The van der Waals surface area contributed by atoms with Crippen molar-refractivity contribution in [1.82, 2.24) is 24.7 Å². The van der Waals surface area contributed by atoms with Gasteiger partial charge < -0.3 is 10.8 Å². The van der Waals surface area contributed by atoms with Gasteiger partial charge in [0.05, 0.1) is 53.3 Å². The van der Waals surface area contributed by atoms with E-state index >= 15 is 0 Å². The van der Waals surface area contributed by atoms with Crippen LogP contribution in [0.3, 0.4) is 0 Å². The van der Waals surface area contributed by atoms with Gasteiger partial charge in [0.2, 0.25) is 0 Å². The highest BCUT2D eigenvalue weighted by atomic mass is 19.1. The second-order valence-corrected chi connectivity index (χ2v) is 7.69. The molecule has 3 aromatic heterocycles. The molecular weight excluding hydrogens is 383 g/mol. The van der Waals surface area contributed by atoms with Gasteiger partial charge in [0, 0.05) is 10.9 Å². The minimum absolute atomic E-state index is 0.224. The number of aromatic nitrogens is 5. The van der Waals surface area contributed by atoms with E-state index in [0.717, 1.165) is 22.2 Å². The fourth-order valence-electron chi connectivity index (χ4n) is 3.86. The molecule has 0 radical (unpaired) electrons. The average Bonchev–Trinajstić information content (AvgIpc) is 3.20. The molecule has 1 unspecified atom stereocenters. The van der Waals surface area contributed by atoms with Crippen LogP contribution in [0.25, 0.3) is 28.0 Å². The number of hydrogen-bond donors (Lipinski definition) is 2. The number of fused-ring (bicyclic) bond motifs is 1. The highest BCUT2D eigenvalue weighted by molar-refractivity contribution is 5.84. The first kappa shape index (κ1) is 18.8. The number of halogens is 1. The van der Waals surface area contributed by atoms with Gasteiger partial charge >= 0.3 is 0 Å². The minimum Gasteiger partial charge on any atom is -0.393 e.